The molecule has 19 heavy (non-hydrogen) atoms. The van der Waals surface area contributed by atoms with Crippen LogP contribution in [0, 0.1) is 0 Å². The van der Waals surface area contributed by atoms with Gasteiger partial charge in [-0.1, -0.05) is 12.8 Å². The maximum atomic E-state index is 12.4. The molecule has 0 aromatic heterocycles. The summed E-state index contributed by atoms with van der Waals surface area (Å²) in [7, 11) is -1.82. The molecule has 0 heterocycles. The third-order valence-corrected chi connectivity index (χ3v) is 5.87. The number of carboxylic acid groups (broad SMARTS) is 1. The van der Waals surface area contributed by atoms with E-state index in [4.69, 9.17) is 5.11 Å². The van der Waals surface area contributed by atoms with Gasteiger partial charge in [0.1, 0.15) is 0 Å². The lowest BCUT2D eigenvalue weighted by atomic mass is 10.2. The van der Waals surface area contributed by atoms with E-state index in [0.29, 0.717) is 18.5 Å². The quantitative estimate of drug-likeness (QED) is 0.918. The number of sulfonamides is 1. The maximum absolute atomic E-state index is 12.4. The Morgan fingerprint density at radius 2 is 1.74 bits per heavy atom. The van der Waals surface area contributed by atoms with Gasteiger partial charge in [-0.05, 0) is 37.1 Å². The molecular weight excluding hydrogens is 266 g/mol. The molecule has 0 spiro atoms. The molecule has 1 saturated carbocycles. The van der Waals surface area contributed by atoms with Gasteiger partial charge >= 0.3 is 5.97 Å². The molecule has 1 fully saturated rings. The zero-order valence-electron chi connectivity index (χ0n) is 10.7. The molecule has 0 atom stereocenters. The molecule has 0 amide bonds. The van der Waals surface area contributed by atoms with Crippen LogP contribution in [0.25, 0.3) is 0 Å². The van der Waals surface area contributed by atoms with Gasteiger partial charge in [0.2, 0.25) is 10.0 Å². The Balaban J connectivity index is 2.23. The second-order valence-corrected chi connectivity index (χ2v) is 7.02. The first-order chi connectivity index (χ1) is 8.93. The number of rotatable bonds is 4. The number of anilines is 1. The normalized spacial score (nSPS) is 16.5. The van der Waals surface area contributed by atoms with Gasteiger partial charge in [-0.15, -0.1) is 0 Å². The van der Waals surface area contributed by atoms with Crippen LogP contribution in [0.1, 0.15) is 36.0 Å². The number of hydrogen-bond acceptors (Lipinski definition) is 3. The van der Waals surface area contributed by atoms with Crippen molar-refractivity contribution in [2.75, 3.05) is 11.4 Å². The minimum atomic E-state index is -3.34. The monoisotopic (exact) mass is 283 g/mol. The molecule has 0 bridgehead atoms. The summed E-state index contributed by atoms with van der Waals surface area (Å²) in [5.74, 6) is -1.02. The van der Waals surface area contributed by atoms with E-state index in [2.05, 4.69) is 0 Å². The molecule has 0 radical (unpaired) electrons. The Kier molecular flexibility index (Phi) is 3.80. The predicted molar refractivity (Wildman–Crippen MR) is 73.0 cm³/mol. The summed E-state index contributed by atoms with van der Waals surface area (Å²) in [6.45, 7) is 0. The molecule has 5 nitrogen and oxygen atoms in total. The number of carboxylic acids is 1. The third-order valence-electron chi connectivity index (χ3n) is 3.58. The fourth-order valence-corrected chi connectivity index (χ4v) is 4.16. The molecule has 1 aromatic rings. The van der Waals surface area contributed by atoms with Gasteiger partial charge in [-0.25, -0.2) is 13.2 Å². The highest BCUT2D eigenvalue weighted by molar-refractivity contribution is 7.93. The number of nitrogens with zero attached hydrogens (tertiary/aromatic N) is 1. The Hall–Kier alpha value is -1.56. The van der Waals surface area contributed by atoms with Crippen molar-refractivity contribution in [3.63, 3.8) is 0 Å². The minimum absolute atomic E-state index is 0.149. The first kappa shape index (κ1) is 13.9. The summed E-state index contributed by atoms with van der Waals surface area (Å²) in [6, 6.07) is 5.88. The molecular formula is C13H17NO4S. The van der Waals surface area contributed by atoms with E-state index in [0.717, 1.165) is 12.8 Å². The van der Waals surface area contributed by atoms with E-state index in [-0.39, 0.29) is 10.8 Å². The van der Waals surface area contributed by atoms with Crippen molar-refractivity contribution < 1.29 is 18.3 Å². The molecule has 104 valence electrons. The molecule has 2 rings (SSSR count). The van der Waals surface area contributed by atoms with Gasteiger partial charge in [0.25, 0.3) is 0 Å². The summed E-state index contributed by atoms with van der Waals surface area (Å²) < 4.78 is 26.0. The van der Waals surface area contributed by atoms with Gasteiger partial charge in [0.15, 0.2) is 0 Å². The van der Waals surface area contributed by atoms with Crippen LogP contribution in [-0.4, -0.2) is 31.8 Å². The SMILES string of the molecule is CN(c1ccc(C(=O)O)cc1)S(=O)(=O)C1CCCC1. The van der Waals surface area contributed by atoms with E-state index < -0.39 is 16.0 Å². The van der Waals surface area contributed by atoms with Crippen molar-refractivity contribution in [3.05, 3.63) is 29.8 Å². The van der Waals surface area contributed by atoms with Gasteiger partial charge in [-0.2, -0.15) is 0 Å². The minimum Gasteiger partial charge on any atom is -0.478 e. The van der Waals surface area contributed by atoms with E-state index >= 15 is 0 Å². The van der Waals surface area contributed by atoms with Crippen molar-refractivity contribution in [1.82, 2.24) is 0 Å². The standard InChI is InChI=1S/C13H17NO4S/c1-14(19(17,18)12-4-2-3-5-12)11-8-6-10(7-9-11)13(15)16/h6-9,12H,2-5H2,1H3,(H,15,16). The van der Waals surface area contributed by atoms with E-state index in [1.54, 1.807) is 0 Å². The summed E-state index contributed by atoms with van der Waals surface area (Å²) in [4.78, 5) is 10.8. The predicted octanol–water partition coefficient (Wildman–Crippen LogP) is 2.09. The lowest BCUT2D eigenvalue weighted by Gasteiger charge is -2.23. The van der Waals surface area contributed by atoms with Gasteiger partial charge in [0, 0.05) is 7.05 Å². The highest BCUT2D eigenvalue weighted by Crippen LogP contribution is 2.29. The number of benzene rings is 1. The van der Waals surface area contributed by atoms with Gasteiger partial charge < -0.3 is 5.11 Å². The summed E-state index contributed by atoms with van der Waals surface area (Å²) in [6.07, 6.45) is 3.32. The van der Waals surface area contributed by atoms with Crippen LogP contribution in [-0.2, 0) is 10.0 Å². The number of carbonyl (C=O) groups is 1. The molecule has 1 N–H and O–H groups in total. The van der Waals surface area contributed by atoms with E-state index in [1.165, 1.54) is 35.6 Å². The first-order valence-electron chi connectivity index (χ1n) is 6.24. The van der Waals surface area contributed by atoms with Gasteiger partial charge in [0.05, 0.1) is 16.5 Å². The first-order valence-corrected chi connectivity index (χ1v) is 7.74. The Labute approximate surface area is 112 Å². The largest absolute Gasteiger partial charge is 0.478 e. The molecule has 1 aromatic carbocycles. The van der Waals surface area contributed by atoms with Crippen molar-refractivity contribution in [3.8, 4) is 0 Å². The van der Waals surface area contributed by atoms with Crippen LogP contribution >= 0.6 is 0 Å². The highest BCUT2D eigenvalue weighted by atomic mass is 32.2. The molecule has 0 aliphatic heterocycles. The summed E-state index contributed by atoms with van der Waals surface area (Å²) >= 11 is 0. The lowest BCUT2D eigenvalue weighted by molar-refractivity contribution is 0.0697. The van der Waals surface area contributed by atoms with Crippen LogP contribution < -0.4 is 4.31 Å². The molecule has 1 aliphatic carbocycles. The molecule has 6 heteroatoms. The smallest absolute Gasteiger partial charge is 0.335 e. The molecule has 0 saturated heterocycles. The zero-order chi connectivity index (χ0) is 14.0. The van der Waals surface area contributed by atoms with Crippen molar-refractivity contribution >= 4 is 21.7 Å². The zero-order valence-corrected chi connectivity index (χ0v) is 11.6. The number of hydrogen-bond donors (Lipinski definition) is 1. The fraction of sp³-hybridized carbons (Fsp3) is 0.462. The van der Waals surface area contributed by atoms with E-state index in [9.17, 15) is 13.2 Å². The number of aromatic carboxylic acids is 1. The van der Waals surface area contributed by atoms with Crippen LogP contribution in [0.15, 0.2) is 24.3 Å². The lowest BCUT2D eigenvalue weighted by Crippen LogP contribution is -2.34. The second-order valence-electron chi connectivity index (χ2n) is 4.77. The second kappa shape index (κ2) is 5.21. The van der Waals surface area contributed by atoms with Crippen LogP contribution in [0.3, 0.4) is 0 Å². The Morgan fingerprint density at radius 1 is 1.21 bits per heavy atom. The van der Waals surface area contributed by atoms with Gasteiger partial charge in [-0.3, -0.25) is 4.31 Å². The van der Waals surface area contributed by atoms with Crippen LogP contribution in [0.4, 0.5) is 5.69 Å². The van der Waals surface area contributed by atoms with E-state index in [1.807, 2.05) is 0 Å². The Bertz CT molecular complexity index is 559. The van der Waals surface area contributed by atoms with Crippen molar-refractivity contribution in [1.29, 1.82) is 0 Å². The Morgan fingerprint density at radius 3 is 2.21 bits per heavy atom. The summed E-state index contributed by atoms with van der Waals surface area (Å²) in [5.41, 5.74) is 0.646. The van der Waals surface area contributed by atoms with Crippen LogP contribution in [0.2, 0.25) is 0 Å². The average molecular weight is 283 g/mol. The molecule has 0 unspecified atom stereocenters. The topological polar surface area (TPSA) is 74.7 Å². The fourth-order valence-electron chi connectivity index (χ4n) is 2.37. The maximum Gasteiger partial charge on any atom is 0.335 e. The van der Waals surface area contributed by atoms with Crippen molar-refractivity contribution in [2.24, 2.45) is 0 Å². The summed E-state index contributed by atoms with van der Waals surface area (Å²) in [5, 5.41) is 8.51. The third kappa shape index (κ3) is 2.73. The molecule has 1 aliphatic rings. The highest BCUT2D eigenvalue weighted by Gasteiger charge is 2.32. The average Bonchev–Trinajstić information content (AvgIpc) is 2.92. The van der Waals surface area contributed by atoms with Crippen molar-refractivity contribution in [2.45, 2.75) is 30.9 Å². The van der Waals surface area contributed by atoms with Crippen LogP contribution in [0.5, 0.6) is 0 Å².